The van der Waals surface area contributed by atoms with Gasteiger partial charge in [-0.15, -0.1) is 0 Å². The summed E-state index contributed by atoms with van der Waals surface area (Å²) in [4.78, 5) is 17.6. The van der Waals surface area contributed by atoms with E-state index < -0.39 is 0 Å². The van der Waals surface area contributed by atoms with Gasteiger partial charge in [-0.25, -0.2) is 9.78 Å². The number of nitrogens with one attached hydrogen (secondary N) is 1. The lowest BCUT2D eigenvalue weighted by molar-refractivity contribution is 0.0601. The van der Waals surface area contributed by atoms with E-state index in [1.54, 1.807) is 18.3 Å². The molecule has 0 saturated heterocycles. The van der Waals surface area contributed by atoms with Gasteiger partial charge < -0.3 is 15.0 Å². The maximum absolute atomic E-state index is 11.5. The van der Waals surface area contributed by atoms with Gasteiger partial charge in [0.05, 0.1) is 7.11 Å². The summed E-state index contributed by atoms with van der Waals surface area (Å²) in [7, 11) is 5.15. The molecule has 16 heavy (non-hydrogen) atoms. The number of rotatable bonds is 5. The van der Waals surface area contributed by atoms with E-state index in [1.807, 2.05) is 19.0 Å². The van der Waals surface area contributed by atoms with Crippen molar-refractivity contribution in [3.63, 3.8) is 0 Å². The van der Waals surface area contributed by atoms with Gasteiger partial charge in [0.15, 0.2) is 0 Å². The van der Waals surface area contributed by atoms with Gasteiger partial charge in [0, 0.05) is 26.3 Å². The van der Waals surface area contributed by atoms with Crippen molar-refractivity contribution in [3.05, 3.63) is 23.9 Å². The molecular weight excluding hydrogens is 206 g/mol. The van der Waals surface area contributed by atoms with E-state index >= 15 is 0 Å². The van der Waals surface area contributed by atoms with Crippen LogP contribution in [-0.4, -0.2) is 45.2 Å². The molecule has 1 aromatic rings. The third-order valence-corrected chi connectivity index (χ3v) is 2.25. The number of pyridine rings is 1. The molecule has 0 bridgehead atoms. The average molecular weight is 223 g/mol. The highest BCUT2D eigenvalue weighted by Crippen LogP contribution is 2.16. The zero-order valence-corrected chi connectivity index (χ0v) is 9.86. The number of hydrogen-bond donors (Lipinski definition) is 1. The van der Waals surface area contributed by atoms with E-state index in [9.17, 15) is 4.79 Å². The number of ether oxygens (including phenoxy) is 1. The monoisotopic (exact) mass is 223 g/mol. The molecular formula is C11H17N3O2. The smallest absolute Gasteiger partial charge is 0.341 e. The van der Waals surface area contributed by atoms with Crippen LogP contribution in [0.3, 0.4) is 0 Å². The van der Waals surface area contributed by atoms with Crippen molar-refractivity contribution in [2.45, 2.75) is 0 Å². The van der Waals surface area contributed by atoms with Gasteiger partial charge in [-0.05, 0) is 19.2 Å². The van der Waals surface area contributed by atoms with Crippen molar-refractivity contribution in [2.75, 3.05) is 39.2 Å². The second-order valence-corrected chi connectivity index (χ2v) is 3.39. The summed E-state index contributed by atoms with van der Waals surface area (Å²) in [6.07, 6.45) is 1.66. The first-order valence-electron chi connectivity index (χ1n) is 5.09. The quantitative estimate of drug-likeness (QED) is 0.738. The summed E-state index contributed by atoms with van der Waals surface area (Å²) < 4.78 is 4.71. The van der Waals surface area contributed by atoms with Crippen molar-refractivity contribution in [1.82, 2.24) is 10.3 Å². The average Bonchev–Trinajstić information content (AvgIpc) is 2.35. The molecule has 0 aliphatic heterocycles. The molecule has 1 heterocycles. The van der Waals surface area contributed by atoms with Crippen LogP contribution in [-0.2, 0) is 4.74 Å². The molecule has 0 amide bonds. The Morgan fingerprint density at radius 3 is 3.00 bits per heavy atom. The van der Waals surface area contributed by atoms with Crippen molar-refractivity contribution in [2.24, 2.45) is 0 Å². The van der Waals surface area contributed by atoms with E-state index in [0.717, 1.165) is 13.1 Å². The molecule has 1 aromatic heterocycles. The molecule has 0 fully saturated rings. The van der Waals surface area contributed by atoms with Gasteiger partial charge in [-0.3, -0.25) is 0 Å². The van der Waals surface area contributed by atoms with Crippen LogP contribution in [0.1, 0.15) is 10.4 Å². The van der Waals surface area contributed by atoms with Crippen LogP contribution in [0.4, 0.5) is 5.82 Å². The molecule has 88 valence electrons. The maximum Gasteiger partial charge on any atom is 0.341 e. The number of anilines is 1. The van der Waals surface area contributed by atoms with Crippen LogP contribution in [0.2, 0.25) is 0 Å². The van der Waals surface area contributed by atoms with E-state index in [2.05, 4.69) is 10.3 Å². The van der Waals surface area contributed by atoms with Gasteiger partial charge in [0.2, 0.25) is 0 Å². The summed E-state index contributed by atoms with van der Waals surface area (Å²) in [5, 5.41) is 3.05. The summed E-state index contributed by atoms with van der Waals surface area (Å²) in [6.45, 7) is 1.60. The molecule has 5 nitrogen and oxygen atoms in total. The fraction of sp³-hybridized carbons (Fsp3) is 0.455. The van der Waals surface area contributed by atoms with E-state index in [-0.39, 0.29) is 5.97 Å². The molecule has 0 aromatic carbocycles. The molecule has 0 saturated carbocycles. The van der Waals surface area contributed by atoms with Crippen LogP contribution in [0.25, 0.3) is 0 Å². The Labute approximate surface area is 95.4 Å². The van der Waals surface area contributed by atoms with Crippen LogP contribution < -0.4 is 10.2 Å². The molecule has 0 aliphatic carbocycles. The van der Waals surface area contributed by atoms with Gasteiger partial charge in [0.25, 0.3) is 0 Å². The Bertz CT molecular complexity index is 355. The third kappa shape index (κ3) is 2.93. The zero-order valence-electron chi connectivity index (χ0n) is 9.86. The highest BCUT2D eigenvalue weighted by molar-refractivity contribution is 5.94. The number of methoxy groups -OCH3 is 1. The Balaban J connectivity index is 2.89. The minimum Gasteiger partial charge on any atom is -0.465 e. The molecule has 1 N–H and O–H groups in total. The number of nitrogens with zero attached hydrogens (tertiary/aromatic N) is 2. The summed E-state index contributed by atoms with van der Waals surface area (Å²) >= 11 is 0. The topological polar surface area (TPSA) is 54.5 Å². The fourth-order valence-corrected chi connectivity index (χ4v) is 1.36. The van der Waals surface area contributed by atoms with Gasteiger partial charge >= 0.3 is 5.97 Å². The number of carbonyl (C=O) groups excluding carboxylic acids is 1. The summed E-state index contributed by atoms with van der Waals surface area (Å²) in [5.41, 5.74) is 0.489. The molecule has 0 aliphatic rings. The Hall–Kier alpha value is -1.62. The predicted octanol–water partition coefficient (Wildman–Crippen LogP) is 0.524. The highest BCUT2D eigenvalue weighted by Gasteiger charge is 2.15. The number of likely N-dealkylation sites (N-methyl/N-ethyl adjacent to an activating group) is 2. The molecule has 5 heteroatoms. The number of aromatic nitrogens is 1. The number of carbonyl (C=O) groups is 1. The molecule has 0 radical (unpaired) electrons. The van der Waals surface area contributed by atoms with Crippen LogP contribution in [0, 0.1) is 0 Å². The van der Waals surface area contributed by atoms with Gasteiger partial charge in [-0.2, -0.15) is 0 Å². The van der Waals surface area contributed by atoms with Gasteiger partial charge in [0.1, 0.15) is 11.4 Å². The molecule has 0 spiro atoms. The second-order valence-electron chi connectivity index (χ2n) is 3.39. The fourth-order valence-electron chi connectivity index (χ4n) is 1.36. The van der Waals surface area contributed by atoms with Crippen LogP contribution >= 0.6 is 0 Å². The minimum absolute atomic E-state index is 0.362. The first kappa shape index (κ1) is 12.4. The lowest BCUT2D eigenvalue weighted by atomic mass is 10.2. The standard InChI is InChI=1S/C11H17N3O2/c1-12-7-8-14(2)10-9(11(15)16-3)5-4-6-13-10/h4-6,12H,7-8H2,1-3H3. The Kier molecular flexibility index (Phi) is 4.72. The normalized spacial score (nSPS) is 9.94. The number of hydrogen-bond acceptors (Lipinski definition) is 5. The van der Waals surface area contributed by atoms with Crippen LogP contribution in [0.15, 0.2) is 18.3 Å². The Morgan fingerprint density at radius 2 is 2.38 bits per heavy atom. The molecule has 0 atom stereocenters. The predicted molar refractivity (Wildman–Crippen MR) is 62.8 cm³/mol. The lowest BCUT2D eigenvalue weighted by Gasteiger charge is -2.19. The zero-order chi connectivity index (χ0) is 12.0. The number of esters is 1. The van der Waals surface area contributed by atoms with Crippen molar-refractivity contribution >= 4 is 11.8 Å². The minimum atomic E-state index is -0.362. The largest absolute Gasteiger partial charge is 0.465 e. The first-order chi connectivity index (χ1) is 7.70. The van der Waals surface area contributed by atoms with E-state index in [4.69, 9.17) is 4.74 Å². The molecule has 0 unspecified atom stereocenters. The van der Waals surface area contributed by atoms with Crippen LogP contribution in [0.5, 0.6) is 0 Å². The van der Waals surface area contributed by atoms with E-state index in [0.29, 0.717) is 11.4 Å². The third-order valence-electron chi connectivity index (χ3n) is 2.25. The second kappa shape index (κ2) is 6.07. The maximum atomic E-state index is 11.5. The lowest BCUT2D eigenvalue weighted by Crippen LogP contribution is -2.29. The highest BCUT2D eigenvalue weighted by atomic mass is 16.5. The first-order valence-corrected chi connectivity index (χ1v) is 5.09. The summed E-state index contributed by atoms with van der Waals surface area (Å²) in [6, 6.07) is 3.44. The van der Waals surface area contributed by atoms with Crippen molar-refractivity contribution in [1.29, 1.82) is 0 Å². The van der Waals surface area contributed by atoms with Crippen molar-refractivity contribution in [3.8, 4) is 0 Å². The van der Waals surface area contributed by atoms with Crippen molar-refractivity contribution < 1.29 is 9.53 Å². The van der Waals surface area contributed by atoms with E-state index in [1.165, 1.54) is 7.11 Å². The SMILES string of the molecule is CNCCN(C)c1ncccc1C(=O)OC. The summed E-state index contributed by atoms with van der Waals surface area (Å²) in [5.74, 6) is 0.281. The molecule has 1 rings (SSSR count). The Morgan fingerprint density at radius 1 is 1.62 bits per heavy atom. The van der Waals surface area contributed by atoms with Gasteiger partial charge in [-0.1, -0.05) is 0 Å².